The maximum atomic E-state index is 13.7. The maximum Gasteiger partial charge on any atom is 0.331 e. The van der Waals surface area contributed by atoms with Gasteiger partial charge in [-0.15, -0.1) is 0 Å². The van der Waals surface area contributed by atoms with Crippen LogP contribution in [-0.4, -0.2) is 67.2 Å². The number of ketones is 1. The molecule has 1 fully saturated rings. The fourth-order valence-electron chi connectivity index (χ4n) is 5.23. The molecule has 2 N–H and O–H groups in total. The van der Waals surface area contributed by atoms with Crippen LogP contribution in [0.15, 0.2) is 50.5 Å². The van der Waals surface area contributed by atoms with Crippen molar-refractivity contribution in [1.29, 1.82) is 0 Å². The Hall–Kier alpha value is -4.55. The zero-order valence-electron chi connectivity index (χ0n) is 25.0. The lowest BCUT2D eigenvalue weighted by atomic mass is 9.98. The van der Waals surface area contributed by atoms with Crippen LogP contribution in [-0.2, 0) is 27.5 Å². The number of carbonyl (C=O) groups excluding carboxylic acids is 4. The minimum absolute atomic E-state index is 0.101. The number of benzene rings is 1. The molecular formula is C30H38N6O7. The van der Waals surface area contributed by atoms with Crippen molar-refractivity contribution in [2.45, 2.75) is 78.7 Å². The highest BCUT2D eigenvalue weighted by atomic mass is 16.4. The molecule has 0 spiro atoms. The summed E-state index contributed by atoms with van der Waals surface area (Å²) < 4.78 is 7.75. The molecule has 4 rings (SSSR count). The molecule has 3 aromatic rings. The van der Waals surface area contributed by atoms with Crippen molar-refractivity contribution in [3.05, 3.63) is 63.3 Å². The van der Waals surface area contributed by atoms with Crippen LogP contribution >= 0.6 is 0 Å². The Morgan fingerprint density at radius 3 is 2.35 bits per heavy atom. The lowest BCUT2D eigenvalue weighted by molar-refractivity contribution is -0.142. The minimum Gasteiger partial charge on any atom is -0.434 e. The molecule has 13 heteroatoms. The van der Waals surface area contributed by atoms with Crippen molar-refractivity contribution in [3.8, 4) is 0 Å². The van der Waals surface area contributed by atoms with Crippen LogP contribution in [0.25, 0.3) is 11.1 Å². The smallest absolute Gasteiger partial charge is 0.331 e. The fraction of sp³-hybridized carbons (Fsp3) is 0.500. The van der Waals surface area contributed by atoms with Crippen molar-refractivity contribution in [2.24, 2.45) is 11.8 Å². The van der Waals surface area contributed by atoms with Crippen LogP contribution in [0.3, 0.4) is 0 Å². The number of fused-ring (bicyclic) bond motifs is 1. The molecule has 1 aliphatic heterocycles. The summed E-state index contributed by atoms with van der Waals surface area (Å²) in [4.78, 5) is 83.6. The second-order valence-electron chi connectivity index (χ2n) is 11.4. The van der Waals surface area contributed by atoms with Gasteiger partial charge in [-0.3, -0.25) is 33.1 Å². The van der Waals surface area contributed by atoms with Gasteiger partial charge in [-0.1, -0.05) is 39.8 Å². The fourth-order valence-corrected chi connectivity index (χ4v) is 5.23. The number of oxazole rings is 1. The van der Waals surface area contributed by atoms with Gasteiger partial charge < -0.3 is 20.0 Å². The highest BCUT2D eigenvalue weighted by Gasteiger charge is 2.40. The number of hydrogen-bond acceptors (Lipinski definition) is 8. The molecule has 0 bridgehead atoms. The average Bonchev–Trinajstić information content (AvgIpc) is 3.63. The van der Waals surface area contributed by atoms with Crippen LogP contribution in [0, 0.1) is 11.8 Å². The molecule has 0 radical (unpaired) electrons. The minimum atomic E-state index is -0.962. The standard InChI is InChI=1S/C30H38N6O7/c1-6-35-23(38)13-15-34(30(35)42)16-22(37)32-25(18(4)5)29(41)36-14-9-11-20(36)27(40)33-24(17(2)3)26(39)28-31-19-10-7-8-12-21(19)43-28/h7-8,10,12-13,15,17-18,20,24-25H,6,9,11,14,16H2,1-5H3,(H,32,37)(H,33,40). The Morgan fingerprint density at radius 2 is 1.70 bits per heavy atom. The summed E-state index contributed by atoms with van der Waals surface area (Å²) in [5.74, 6) is -2.67. The van der Waals surface area contributed by atoms with E-state index in [1.54, 1.807) is 58.9 Å². The number of nitrogens with zero attached hydrogens (tertiary/aromatic N) is 4. The maximum absolute atomic E-state index is 13.7. The highest BCUT2D eigenvalue weighted by molar-refractivity contribution is 6.01. The monoisotopic (exact) mass is 594 g/mol. The van der Waals surface area contributed by atoms with E-state index in [0.717, 1.165) is 9.13 Å². The van der Waals surface area contributed by atoms with Gasteiger partial charge in [-0.25, -0.2) is 9.78 Å². The highest BCUT2D eigenvalue weighted by Crippen LogP contribution is 2.22. The summed E-state index contributed by atoms with van der Waals surface area (Å²) in [6, 6.07) is 5.47. The SMILES string of the molecule is CCn1c(=O)ccn(CC(=O)NC(C(=O)N2CCCC2C(=O)NC(C(=O)c2nc3ccccc3o2)C(C)C)C(C)C)c1=O. The number of Topliss-reactive ketones (excluding diaryl/α,β-unsaturated/α-hetero) is 1. The number of carbonyl (C=O) groups is 4. The molecule has 3 heterocycles. The van der Waals surface area contributed by atoms with E-state index in [1.165, 1.54) is 17.2 Å². The van der Waals surface area contributed by atoms with E-state index in [1.807, 2.05) is 0 Å². The molecule has 13 nitrogen and oxygen atoms in total. The Morgan fingerprint density at radius 1 is 1.00 bits per heavy atom. The van der Waals surface area contributed by atoms with E-state index < -0.39 is 52.9 Å². The number of rotatable bonds is 11. The molecule has 2 aromatic heterocycles. The first kappa shape index (κ1) is 31.4. The third-order valence-corrected chi connectivity index (χ3v) is 7.61. The normalized spacial score (nSPS) is 16.4. The Kier molecular flexibility index (Phi) is 9.62. The number of para-hydroxylation sites is 2. The quantitative estimate of drug-likeness (QED) is 0.314. The molecule has 1 aromatic carbocycles. The summed E-state index contributed by atoms with van der Waals surface area (Å²) >= 11 is 0. The van der Waals surface area contributed by atoms with Crippen molar-refractivity contribution in [3.63, 3.8) is 0 Å². The number of nitrogens with one attached hydrogen (secondary N) is 2. The molecule has 3 unspecified atom stereocenters. The zero-order valence-corrected chi connectivity index (χ0v) is 25.0. The van der Waals surface area contributed by atoms with E-state index in [9.17, 15) is 28.8 Å². The molecule has 3 atom stereocenters. The molecule has 1 saturated heterocycles. The van der Waals surface area contributed by atoms with E-state index in [4.69, 9.17) is 4.42 Å². The lowest BCUT2D eigenvalue weighted by Gasteiger charge is -2.31. The van der Waals surface area contributed by atoms with Crippen LogP contribution in [0.4, 0.5) is 0 Å². The van der Waals surface area contributed by atoms with Gasteiger partial charge in [0.25, 0.3) is 11.4 Å². The Balaban J connectivity index is 1.46. The number of likely N-dealkylation sites (tertiary alicyclic amines) is 1. The molecule has 1 aliphatic rings. The first-order valence-corrected chi connectivity index (χ1v) is 14.5. The van der Waals surface area contributed by atoms with Crippen molar-refractivity contribution in [2.75, 3.05) is 6.54 Å². The number of hydrogen-bond donors (Lipinski definition) is 2. The third kappa shape index (κ3) is 6.76. The lowest BCUT2D eigenvalue weighted by Crippen LogP contribution is -2.57. The predicted octanol–water partition coefficient (Wildman–Crippen LogP) is 1.33. The van der Waals surface area contributed by atoms with Gasteiger partial charge in [0.2, 0.25) is 23.5 Å². The molecule has 0 saturated carbocycles. The van der Waals surface area contributed by atoms with Crippen molar-refractivity contribution in [1.82, 2.24) is 29.7 Å². The Labute approximate surface area is 248 Å². The van der Waals surface area contributed by atoms with Gasteiger partial charge in [0.05, 0.1) is 6.04 Å². The van der Waals surface area contributed by atoms with Gasteiger partial charge in [0.15, 0.2) is 5.58 Å². The van der Waals surface area contributed by atoms with E-state index in [-0.39, 0.29) is 30.8 Å². The van der Waals surface area contributed by atoms with Gasteiger partial charge >= 0.3 is 5.69 Å². The average molecular weight is 595 g/mol. The molecular weight excluding hydrogens is 556 g/mol. The Bertz CT molecular complexity index is 1600. The first-order chi connectivity index (χ1) is 20.4. The van der Waals surface area contributed by atoms with Crippen molar-refractivity contribution < 1.29 is 23.6 Å². The van der Waals surface area contributed by atoms with E-state index in [0.29, 0.717) is 30.5 Å². The van der Waals surface area contributed by atoms with Gasteiger partial charge in [-0.2, -0.15) is 0 Å². The second-order valence-corrected chi connectivity index (χ2v) is 11.4. The molecule has 43 heavy (non-hydrogen) atoms. The largest absolute Gasteiger partial charge is 0.434 e. The summed E-state index contributed by atoms with van der Waals surface area (Å²) in [6.45, 7) is 8.87. The number of amides is 3. The van der Waals surface area contributed by atoms with Crippen LogP contribution in [0.2, 0.25) is 0 Å². The number of aromatic nitrogens is 3. The zero-order chi connectivity index (χ0) is 31.4. The summed E-state index contributed by atoms with van der Waals surface area (Å²) in [5.41, 5.74) is -0.0919. The van der Waals surface area contributed by atoms with E-state index >= 15 is 0 Å². The van der Waals surface area contributed by atoms with Crippen LogP contribution in [0.5, 0.6) is 0 Å². The van der Waals surface area contributed by atoms with Gasteiger partial charge in [0, 0.05) is 25.4 Å². The van der Waals surface area contributed by atoms with Crippen LogP contribution in [0.1, 0.15) is 58.1 Å². The predicted molar refractivity (Wildman–Crippen MR) is 157 cm³/mol. The topological polar surface area (TPSA) is 166 Å². The molecule has 3 amide bonds. The summed E-state index contributed by atoms with van der Waals surface area (Å²) in [7, 11) is 0. The summed E-state index contributed by atoms with van der Waals surface area (Å²) in [6.07, 6.45) is 2.21. The molecule has 0 aliphatic carbocycles. The van der Waals surface area contributed by atoms with Gasteiger partial charge in [-0.05, 0) is 43.7 Å². The van der Waals surface area contributed by atoms with E-state index in [2.05, 4.69) is 15.6 Å². The third-order valence-electron chi connectivity index (χ3n) is 7.61. The summed E-state index contributed by atoms with van der Waals surface area (Å²) in [5, 5.41) is 5.52. The van der Waals surface area contributed by atoms with Crippen molar-refractivity contribution >= 4 is 34.6 Å². The molecule has 230 valence electrons. The van der Waals surface area contributed by atoms with Gasteiger partial charge in [0.1, 0.15) is 24.1 Å². The second kappa shape index (κ2) is 13.2. The first-order valence-electron chi connectivity index (χ1n) is 14.5. The van der Waals surface area contributed by atoms with Crippen LogP contribution < -0.4 is 21.9 Å².